The first kappa shape index (κ1) is 18.5. The summed E-state index contributed by atoms with van der Waals surface area (Å²) >= 11 is 0. The van der Waals surface area contributed by atoms with Crippen molar-refractivity contribution in [1.29, 1.82) is 0 Å². The molecule has 24 heavy (non-hydrogen) atoms. The molecule has 4 atom stereocenters. The summed E-state index contributed by atoms with van der Waals surface area (Å²) in [6.45, 7) is 0.151. The molecule has 2 aliphatic heterocycles. The summed E-state index contributed by atoms with van der Waals surface area (Å²) in [5.41, 5.74) is 0. The van der Waals surface area contributed by atoms with Crippen LogP contribution in [-0.4, -0.2) is 56.2 Å². The van der Waals surface area contributed by atoms with E-state index in [2.05, 4.69) is 20.7 Å². The monoisotopic (exact) mass is 351 g/mol. The van der Waals surface area contributed by atoms with Gasteiger partial charge in [0.15, 0.2) is 0 Å². The fourth-order valence-electron chi connectivity index (χ4n) is 2.97. The number of nitrogens with one attached hydrogen (secondary N) is 3. The van der Waals surface area contributed by atoms with Gasteiger partial charge in [0.1, 0.15) is 6.04 Å². The van der Waals surface area contributed by atoms with Gasteiger partial charge in [-0.3, -0.25) is 9.59 Å². The van der Waals surface area contributed by atoms with Crippen LogP contribution < -0.4 is 16.0 Å². The average Bonchev–Trinajstić information content (AvgIpc) is 3.15. The van der Waals surface area contributed by atoms with Gasteiger partial charge in [-0.25, -0.2) is 4.79 Å². The quantitative estimate of drug-likeness (QED) is 0.592. The summed E-state index contributed by atoms with van der Waals surface area (Å²) in [5, 5.41) is 7.54. The SMILES string of the molecule is COC(=O)[C@H](C[C@@H]1CCNC1=O)NC(=O)[C@@H]1C[C@@H](C(F)(F)F)CN1. The Bertz CT molecular complexity index is 512. The van der Waals surface area contributed by atoms with Gasteiger partial charge in [0.25, 0.3) is 0 Å². The summed E-state index contributed by atoms with van der Waals surface area (Å²) in [6, 6.07) is -2.09. The van der Waals surface area contributed by atoms with Gasteiger partial charge < -0.3 is 20.7 Å². The molecule has 0 bridgehead atoms. The van der Waals surface area contributed by atoms with Crippen molar-refractivity contribution in [2.75, 3.05) is 20.2 Å². The Balaban J connectivity index is 1.95. The van der Waals surface area contributed by atoms with E-state index in [0.717, 1.165) is 7.11 Å². The maximum Gasteiger partial charge on any atom is 0.393 e. The third-order valence-corrected chi connectivity index (χ3v) is 4.40. The van der Waals surface area contributed by atoms with E-state index in [1.807, 2.05) is 0 Å². The summed E-state index contributed by atoms with van der Waals surface area (Å²) in [7, 11) is 1.14. The van der Waals surface area contributed by atoms with E-state index < -0.39 is 42.0 Å². The molecule has 7 nitrogen and oxygen atoms in total. The Labute approximate surface area is 136 Å². The van der Waals surface area contributed by atoms with Crippen LogP contribution >= 0.6 is 0 Å². The number of carbonyl (C=O) groups is 3. The maximum absolute atomic E-state index is 12.7. The van der Waals surface area contributed by atoms with Gasteiger partial charge >= 0.3 is 12.1 Å². The van der Waals surface area contributed by atoms with Crippen LogP contribution in [0.15, 0.2) is 0 Å². The molecule has 2 heterocycles. The van der Waals surface area contributed by atoms with Gasteiger partial charge in [0.2, 0.25) is 11.8 Å². The standard InChI is InChI=1S/C14H20F3N3O4/c1-24-13(23)10(4-7-2-3-18-11(7)21)20-12(22)9-5-8(6-19-9)14(15,16)17/h7-10,19H,2-6H2,1H3,(H,18,21)(H,20,22)/t7-,8+,9-,10-/m0/s1. The van der Waals surface area contributed by atoms with E-state index >= 15 is 0 Å². The molecule has 0 saturated carbocycles. The number of carbonyl (C=O) groups excluding carboxylic acids is 3. The predicted octanol–water partition coefficient (Wildman–Crippen LogP) is -0.289. The molecule has 2 rings (SSSR count). The van der Waals surface area contributed by atoms with Crippen LogP contribution in [-0.2, 0) is 19.1 Å². The molecular weight excluding hydrogens is 331 g/mol. The largest absolute Gasteiger partial charge is 0.467 e. The van der Waals surface area contributed by atoms with E-state index in [1.165, 1.54) is 0 Å². The molecule has 3 N–H and O–H groups in total. The number of hydrogen-bond donors (Lipinski definition) is 3. The Morgan fingerprint density at radius 2 is 2.12 bits per heavy atom. The molecule has 136 valence electrons. The highest BCUT2D eigenvalue weighted by Gasteiger charge is 2.46. The first-order chi connectivity index (χ1) is 11.2. The summed E-state index contributed by atoms with van der Waals surface area (Å²) in [4.78, 5) is 35.6. The Morgan fingerprint density at radius 1 is 1.42 bits per heavy atom. The predicted molar refractivity (Wildman–Crippen MR) is 75.6 cm³/mol. The molecule has 0 radical (unpaired) electrons. The Kier molecular flexibility index (Phi) is 5.68. The maximum atomic E-state index is 12.7. The van der Waals surface area contributed by atoms with E-state index in [9.17, 15) is 27.6 Å². The van der Waals surface area contributed by atoms with E-state index in [1.54, 1.807) is 0 Å². The zero-order valence-electron chi connectivity index (χ0n) is 13.1. The number of amides is 2. The first-order valence-electron chi connectivity index (χ1n) is 7.68. The average molecular weight is 351 g/mol. The number of rotatable bonds is 5. The third kappa shape index (κ3) is 4.37. The molecule has 0 spiro atoms. The fraction of sp³-hybridized carbons (Fsp3) is 0.786. The summed E-state index contributed by atoms with van der Waals surface area (Å²) in [5.74, 6) is -3.67. The van der Waals surface area contributed by atoms with Crippen LogP contribution in [0, 0.1) is 11.8 Å². The highest BCUT2D eigenvalue weighted by molar-refractivity contribution is 5.88. The van der Waals surface area contributed by atoms with Gasteiger partial charge in [-0.05, 0) is 19.3 Å². The first-order valence-corrected chi connectivity index (χ1v) is 7.68. The minimum atomic E-state index is -4.37. The van der Waals surface area contributed by atoms with Crippen LogP contribution in [0.2, 0.25) is 0 Å². The molecule has 0 unspecified atom stereocenters. The number of alkyl halides is 3. The number of methoxy groups -OCH3 is 1. The lowest BCUT2D eigenvalue weighted by Crippen LogP contribution is -2.49. The minimum Gasteiger partial charge on any atom is -0.467 e. The van der Waals surface area contributed by atoms with Crippen LogP contribution in [0.5, 0.6) is 0 Å². The van der Waals surface area contributed by atoms with Gasteiger partial charge in [-0.15, -0.1) is 0 Å². The normalized spacial score (nSPS) is 28.3. The molecule has 2 aliphatic rings. The lowest BCUT2D eigenvalue weighted by molar-refractivity contribution is -0.169. The topological polar surface area (TPSA) is 96.5 Å². The lowest BCUT2D eigenvalue weighted by Gasteiger charge is -2.21. The van der Waals surface area contributed by atoms with Crippen LogP contribution in [0.3, 0.4) is 0 Å². The second kappa shape index (κ2) is 7.37. The molecule has 0 aromatic rings. The van der Waals surface area contributed by atoms with Crippen molar-refractivity contribution < 1.29 is 32.3 Å². The second-order valence-corrected chi connectivity index (χ2v) is 6.03. The summed E-state index contributed by atoms with van der Waals surface area (Å²) in [6.07, 6.45) is -4.17. The Morgan fingerprint density at radius 3 is 2.62 bits per heavy atom. The van der Waals surface area contributed by atoms with Gasteiger partial charge in [0, 0.05) is 19.0 Å². The molecule has 2 amide bonds. The highest BCUT2D eigenvalue weighted by Crippen LogP contribution is 2.32. The smallest absolute Gasteiger partial charge is 0.393 e. The van der Waals surface area contributed by atoms with Crippen molar-refractivity contribution in [1.82, 2.24) is 16.0 Å². The number of hydrogen-bond acceptors (Lipinski definition) is 5. The van der Waals surface area contributed by atoms with Crippen molar-refractivity contribution in [2.45, 2.75) is 37.5 Å². The molecule has 0 aliphatic carbocycles. The second-order valence-electron chi connectivity index (χ2n) is 6.03. The van der Waals surface area contributed by atoms with Crippen molar-refractivity contribution in [3.05, 3.63) is 0 Å². The lowest BCUT2D eigenvalue weighted by atomic mass is 9.97. The number of ether oxygens (including phenoxy) is 1. The van der Waals surface area contributed by atoms with Gasteiger partial charge in [-0.1, -0.05) is 0 Å². The van der Waals surface area contributed by atoms with Crippen LogP contribution in [0.25, 0.3) is 0 Å². The Hall–Kier alpha value is -1.84. The molecule has 0 aromatic carbocycles. The molecule has 2 saturated heterocycles. The summed E-state index contributed by atoms with van der Waals surface area (Å²) < 4.78 is 42.6. The molecule has 2 fully saturated rings. The van der Waals surface area contributed by atoms with E-state index in [-0.39, 0.29) is 25.3 Å². The highest BCUT2D eigenvalue weighted by atomic mass is 19.4. The molecule has 0 aromatic heterocycles. The minimum absolute atomic E-state index is 0.0552. The third-order valence-electron chi connectivity index (χ3n) is 4.40. The van der Waals surface area contributed by atoms with Crippen molar-refractivity contribution in [3.8, 4) is 0 Å². The van der Waals surface area contributed by atoms with Crippen molar-refractivity contribution in [3.63, 3.8) is 0 Å². The molecule has 10 heteroatoms. The van der Waals surface area contributed by atoms with Crippen LogP contribution in [0.4, 0.5) is 13.2 Å². The van der Waals surface area contributed by atoms with Gasteiger partial charge in [0.05, 0.1) is 19.1 Å². The van der Waals surface area contributed by atoms with Crippen molar-refractivity contribution in [2.24, 2.45) is 11.8 Å². The zero-order valence-corrected chi connectivity index (χ0v) is 13.1. The van der Waals surface area contributed by atoms with Gasteiger partial charge in [-0.2, -0.15) is 13.2 Å². The van der Waals surface area contributed by atoms with E-state index in [0.29, 0.717) is 13.0 Å². The molecular formula is C14H20F3N3O4. The van der Waals surface area contributed by atoms with Crippen molar-refractivity contribution >= 4 is 17.8 Å². The van der Waals surface area contributed by atoms with E-state index in [4.69, 9.17) is 0 Å². The number of esters is 1. The number of halogens is 3. The fourth-order valence-corrected chi connectivity index (χ4v) is 2.97. The van der Waals surface area contributed by atoms with Crippen LogP contribution in [0.1, 0.15) is 19.3 Å². The zero-order chi connectivity index (χ0) is 17.9.